The second kappa shape index (κ2) is 7.61. The van der Waals surface area contributed by atoms with Gasteiger partial charge in [0.25, 0.3) is 5.91 Å². The van der Waals surface area contributed by atoms with Gasteiger partial charge in [-0.05, 0) is 48.4 Å². The molecule has 136 valence electrons. The standard InChI is InChI=1S/C19H18F2N2O3/c20-15-8-5-13(10-16(15)21)17(24)11-22-19(26)12-3-6-14(7-4-12)23-9-1-2-18(23)25/h3-8,10,17,24H,1-2,9,11H2,(H,22,26)/t17-/m0/s1. The lowest BCUT2D eigenvalue weighted by Gasteiger charge is -2.16. The number of anilines is 1. The molecule has 1 atom stereocenters. The maximum absolute atomic E-state index is 13.2. The normalized spacial score (nSPS) is 15.2. The molecule has 3 rings (SSSR count). The van der Waals surface area contributed by atoms with Crippen LogP contribution in [0.15, 0.2) is 42.5 Å². The highest BCUT2D eigenvalue weighted by molar-refractivity contribution is 5.97. The number of benzene rings is 2. The van der Waals surface area contributed by atoms with Crippen LogP contribution >= 0.6 is 0 Å². The number of amides is 2. The minimum absolute atomic E-state index is 0.0665. The molecule has 7 heteroatoms. The zero-order valence-electron chi connectivity index (χ0n) is 13.9. The molecule has 0 saturated carbocycles. The molecule has 2 aromatic rings. The molecule has 1 aliphatic heterocycles. The van der Waals surface area contributed by atoms with Crippen LogP contribution in [-0.4, -0.2) is 30.0 Å². The number of aliphatic hydroxyl groups is 1. The third-order valence-electron chi connectivity index (χ3n) is 4.30. The van der Waals surface area contributed by atoms with Crippen LogP contribution in [0.5, 0.6) is 0 Å². The van der Waals surface area contributed by atoms with Crippen molar-refractivity contribution in [2.24, 2.45) is 0 Å². The van der Waals surface area contributed by atoms with Gasteiger partial charge in [-0.1, -0.05) is 6.07 Å². The van der Waals surface area contributed by atoms with Crippen LogP contribution in [-0.2, 0) is 4.79 Å². The van der Waals surface area contributed by atoms with Crippen LogP contribution < -0.4 is 10.2 Å². The number of nitrogens with one attached hydrogen (secondary N) is 1. The molecule has 0 aromatic heterocycles. The van der Waals surface area contributed by atoms with Crippen molar-refractivity contribution in [3.05, 3.63) is 65.2 Å². The monoisotopic (exact) mass is 360 g/mol. The van der Waals surface area contributed by atoms with E-state index in [4.69, 9.17) is 0 Å². The SMILES string of the molecule is O=C(NC[C@H](O)c1ccc(F)c(F)c1)c1ccc(N2CCCC2=O)cc1. The van der Waals surface area contributed by atoms with Gasteiger partial charge < -0.3 is 15.3 Å². The molecule has 2 N–H and O–H groups in total. The van der Waals surface area contributed by atoms with Crippen molar-refractivity contribution in [3.8, 4) is 0 Å². The summed E-state index contributed by atoms with van der Waals surface area (Å²) < 4.78 is 26.1. The number of nitrogens with zero attached hydrogens (tertiary/aromatic N) is 1. The van der Waals surface area contributed by atoms with Gasteiger partial charge in [-0.3, -0.25) is 9.59 Å². The number of rotatable bonds is 5. The number of carbonyl (C=O) groups is 2. The van der Waals surface area contributed by atoms with E-state index in [0.29, 0.717) is 18.5 Å². The molecule has 2 aromatic carbocycles. The number of hydrogen-bond donors (Lipinski definition) is 2. The van der Waals surface area contributed by atoms with Gasteiger partial charge in [0.05, 0.1) is 6.10 Å². The summed E-state index contributed by atoms with van der Waals surface area (Å²) in [5, 5.41) is 12.5. The minimum Gasteiger partial charge on any atom is -0.387 e. The summed E-state index contributed by atoms with van der Waals surface area (Å²) in [7, 11) is 0. The van der Waals surface area contributed by atoms with Gasteiger partial charge in [0, 0.05) is 30.8 Å². The second-order valence-corrected chi connectivity index (χ2v) is 6.10. The van der Waals surface area contributed by atoms with Gasteiger partial charge in [0.15, 0.2) is 11.6 Å². The van der Waals surface area contributed by atoms with E-state index in [1.165, 1.54) is 6.07 Å². The molecule has 2 amide bonds. The molecular weight excluding hydrogens is 342 g/mol. The topological polar surface area (TPSA) is 69.6 Å². The lowest BCUT2D eigenvalue weighted by Crippen LogP contribution is -2.28. The minimum atomic E-state index is -1.16. The Morgan fingerprint density at radius 1 is 1.15 bits per heavy atom. The van der Waals surface area contributed by atoms with Crippen LogP contribution in [0, 0.1) is 11.6 Å². The lowest BCUT2D eigenvalue weighted by molar-refractivity contribution is -0.117. The highest BCUT2D eigenvalue weighted by Crippen LogP contribution is 2.21. The first kappa shape index (κ1) is 18.0. The third kappa shape index (κ3) is 3.88. The molecule has 0 radical (unpaired) electrons. The Balaban J connectivity index is 1.59. The average Bonchev–Trinajstić information content (AvgIpc) is 3.07. The zero-order chi connectivity index (χ0) is 18.7. The second-order valence-electron chi connectivity index (χ2n) is 6.10. The molecule has 0 spiro atoms. The van der Waals surface area contributed by atoms with E-state index in [1.807, 2.05) is 0 Å². The Morgan fingerprint density at radius 3 is 2.50 bits per heavy atom. The molecule has 0 bridgehead atoms. The van der Waals surface area contributed by atoms with Crippen LogP contribution in [0.25, 0.3) is 0 Å². The Kier molecular flexibility index (Phi) is 5.27. The van der Waals surface area contributed by atoms with Crippen molar-refractivity contribution in [1.82, 2.24) is 5.32 Å². The first-order valence-corrected chi connectivity index (χ1v) is 8.27. The fraction of sp³-hybridized carbons (Fsp3) is 0.263. The van der Waals surface area contributed by atoms with Crippen molar-refractivity contribution >= 4 is 17.5 Å². The molecule has 5 nitrogen and oxygen atoms in total. The van der Waals surface area contributed by atoms with E-state index in [1.54, 1.807) is 29.2 Å². The van der Waals surface area contributed by atoms with E-state index < -0.39 is 23.6 Å². The van der Waals surface area contributed by atoms with Crippen molar-refractivity contribution in [2.75, 3.05) is 18.0 Å². The van der Waals surface area contributed by atoms with Crippen molar-refractivity contribution < 1.29 is 23.5 Å². The molecule has 0 aliphatic carbocycles. The van der Waals surface area contributed by atoms with Gasteiger partial charge in [0.1, 0.15) is 0 Å². The molecule has 1 heterocycles. The molecule has 1 fully saturated rings. The number of aliphatic hydroxyl groups excluding tert-OH is 1. The molecule has 0 unspecified atom stereocenters. The van der Waals surface area contributed by atoms with Gasteiger partial charge >= 0.3 is 0 Å². The van der Waals surface area contributed by atoms with Crippen LogP contribution in [0.3, 0.4) is 0 Å². The quantitative estimate of drug-likeness (QED) is 0.861. The predicted octanol–water partition coefficient (Wildman–Crippen LogP) is 2.56. The average molecular weight is 360 g/mol. The molecule has 1 saturated heterocycles. The first-order chi connectivity index (χ1) is 12.5. The Morgan fingerprint density at radius 2 is 1.88 bits per heavy atom. The maximum atomic E-state index is 13.2. The zero-order valence-corrected chi connectivity index (χ0v) is 13.9. The summed E-state index contributed by atoms with van der Waals surface area (Å²) in [4.78, 5) is 25.6. The van der Waals surface area contributed by atoms with E-state index >= 15 is 0 Å². The smallest absolute Gasteiger partial charge is 0.251 e. The van der Waals surface area contributed by atoms with E-state index in [0.717, 1.165) is 24.2 Å². The van der Waals surface area contributed by atoms with E-state index in [2.05, 4.69) is 5.32 Å². The van der Waals surface area contributed by atoms with Crippen molar-refractivity contribution in [1.29, 1.82) is 0 Å². The molecular formula is C19H18F2N2O3. The van der Waals surface area contributed by atoms with Gasteiger partial charge in [0.2, 0.25) is 5.91 Å². The highest BCUT2D eigenvalue weighted by atomic mass is 19.2. The third-order valence-corrected chi connectivity index (χ3v) is 4.30. The summed E-state index contributed by atoms with van der Waals surface area (Å²) in [6.07, 6.45) is 0.197. The Hall–Kier alpha value is -2.80. The van der Waals surface area contributed by atoms with Gasteiger partial charge in [-0.15, -0.1) is 0 Å². The molecule has 26 heavy (non-hydrogen) atoms. The van der Waals surface area contributed by atoms with Crippen LogP contribution in [0.4, 0.5) is 14.5 Å². The van der Waals surface area contributed by atoms with Crippen LogP contribution in [0.1, 0.15) is 34.9 Å². The fourth-order valence-corrected chi connectivity index (χ4v) is 2.84. The highest BCUT2D eigenvalue weighted by Gasteiger charge is 2.21. The first-order valence-electron chi connectivity index (χ1n) is 8.27. The molecule has 1 aliphatic rings. The lowest BCUT2D eigenvalue weighted by atomic mass is 10.1. The van der Waals surface area contributed by atoms with Crippen LogP contribution in [0.2, 0.25) is 0 Å². The van der Waals surface area contributed by atoms with E-state index in [9.17, 15) is 23.5 Å². The summed E-state index contributed by atoms with van der Waals surface area (Å²) in [6, 6.07) is 9.67. The Labute approximate surface area is 149 Å². The van der Waals surface area contributed by atoms with Gasteiger partial charge in [-0.25, -0.2) is 8.78 Å². The van der Waals surface area contributed by atoms with Crippen molar-refractivity contribution in [2.45, 2.75) is 18.9 Å². The van der Waals surface area contributed by atoms with Crippen molar-refractivity contribution in [3.63, 3.8) is 0 Å². The maximum Gasteiger partial charge on any atom is 0.251 e. The summed E-state index contributed by atoms with van der Waals surface area (Å²) in [6.45, 7) is 0.529. The summed E-state index contributed by atoms with van der Waals surface area (Å²) in [5.74, 6) is -2.40. The fourth-order valence-electron chi connectivity index (χ4n) is 2.84. The van der Waals surface area contributed by atoms with Gasteiger partial charge in [-0.2, -0.15) is 0 Å². The Bertz CT molecular complexity index is 824. The number of carbonyl (C=O) groups excluding carboxylic acids is 2. The summed E-state index contributed by atoms with van der Waals surface area (Å²) >= 11 is 0. The number of halogens is 2. The predicted molar refractivity (Wildman–Crippen MR) is 91.7 cm³/mol. The summed E-state index contributed by atoms with van der Waals surface area (Å²) in [5.41, 5.74) is 1.29. The number of hydrogen-bond acceptors (Lipinski definition) is 3. The largest absolute Gasteiger partial charge is 0.387 e. The van der Waals surface area contributed by atoms with E-state index in [-0.39, 0.29) is 18.0 Å².